The second kappa shape index (κ2) is 5.14. The zero-order valence-corrected chi connectivity index (χ0v) is 16.8. The summed E-state index contributed by atoms with van der Waals surface area (Å²) in [4.78, 5) is 4.55. The predicted octanol–water partition coefficient (Wildman–Crippen LogP) is 4.14. The Kier molecular flexibility index (Phi) is 3.01. The highest BCUT2D eigenvalue weighted by Crippen LogP contribution is 2.63. The molecule has 144 valence electrons. The van der Waals surface area contributed by atoms with Crippen molar-refractivity contribution >= 4 is 20.9 Å². The Morgan fingerprint density at radius 3 is 2.41 bits per heavy atom. The van der Waals surface area contributed by atoms with Gasteiger partial charge < -0.3 is 4.74 Å². The molecule has 2 aromatic heterocycles. The lowest BCUT2D eigenvalue weighted by Crippen LogP contribution is -2.28. The van der Waals surface area contributed by atoms with Crippen LogP contribution in [0.5, 0.6) is 0 Å². The van der Waals surface area contributed by atoms with Gasteiger partial charge in [0.15, 0.2) is 0 Å². The molecular formula is C23H18N2O3S. The minimum atomic E-state index is -3.82. The first-order valence-corrected chi connectivity index (χ1v) is 10.9. The lowest BCUT2D eigenvalue weighted by Gasteiger charge is -2.25. The molecule has 5 nitrogen and oxygen atoms in total. The van der Waals surface area contributed by atoms with Gasteiger partial charge in [0, 0.05) is 28.9 Å². The highest BCUT2D eigenvalue weighted by Gasteiger charge is 2.62. The number of benzene rings is 2. The Bertz CT molecular complexity index is 1430. The van der Waals surface area contributed by atoms with Gasteiger partial charge in [0.05, 0.1) is 16.1 Å². The fourth-order valence-corrected chi connectivity index (χ4v) is 6.78. The maximum absolute atomic E-state index is 13.8. The van der Waals surface area contributed by atoms with Crippen molar-refractivity contribution in [2.45, 2.75) is 29.9 Å². The maximum atomic E-state index is 13.8. The summed E-state index contributed by atoms with van der Waals surface area (Å²) in [6.45, 7) is 3.97. The number of ether oxygens (including phenoxy) is 1. The van der Waals surface area contributed by atoms with E-state index in [1.807, 2.05) is 50.2 Å². The first-order valence-electron chi connectivity index (χ1n) is 9.49. The summed E-state index contributed by atoms with van der Waals surface area (Å²) < 4.78 is 35.7. The Morgan fingerprint density at radius 1 is 0.897 bits per heavy atom. The van der Waals surface area contributed by atoms with E-state index in [1.165, 1.54) is 3.97 Å². The molecular weight excluding hydrogens is 384 g/mol. The highest BCUT2D eigenvalue weighted by molar-refractivity contribution is 7.90. The third-order valence-electron chi connectivity index (χ3n) is 6.30. The Balaban J connectivity index is 1.79. The van der Waals surface area contributed by atoms with Crippen LogP contribution in [0.25, 0.3) is 10.9 Å². The van der Waals surface area contributed by atoms with Crippen molar-refractivity contribution in [1.29, 1.82) is 0 Å². The van der Waals surface area contributed by atoms with Gasteiger partial charge in [-0.25, -0.2) is 12.4 Å². The van der Waals surface area contributed by atoms with E-state index < -0.39 is 21.2 Å². The lowest BCUT2D eigenvalue weighted by atomic mass is 9.77. The molecule has 0 saturated carbocycles. The number of pyridine rings is 1. The topological polar surface area (TPSA) is 61.2 Å². The van der Waals surface area contributed by atoms with Crippen molar-refractivity contribution < 1.29 is 13.2 Å². The van der Waals surface area contributed by atoms with Crippen molar-refractivity contribution in [2.24, 2.45) is 0 Å². The number of hydrogen-bond donors (Lipinski definition) is 0. The maximum Gasteiger partial charge on any atom is 0.268 e. The molecule has 6 heteroatoms. The average Bonchev–Trinajstić information content (AvgIpc) is 3.30. The van der Waals surface area contributed by atoms with Crippen LogP contribution in [0.4, 0.5) is 0 Å². The van der Waals surface area contributed by atoms with Crippen molar-refractivity contribution in [3.8, 4) is 0 Å². The third-order valence-corrected chi connectivity index (χ3v) is 8.03. The minimum absolute atomic E-state index is 0.256. The molecule has 4 heterocycles. The van der Waals surface area contributed by atoms with Crippen LogP contribution in [0.15, 0.2) is 78.0 Å². The van der Waals surface area contributed by atoms with Crippen molar-refractivity contribution in [1.82, 2.24) is 8.96 Å². The smallest absolute Gasteiger partial charge is 0.268 e. The molecule has 0 fully saturated rings. The lowest BCUT2D eigenvalue weighted by molar-refractivity contribution is -0.0530. The Labute approximate surface area is 168 Å². The van der Waals surface area contributed by atoms with Crippen LogP contribution in [0.2, 0.25) is 0 Å². The van der Waals surface area contributed by atoms with Crippen LogP contribution < -0.4 is 0 Å². The molecule has 4 aromatic rings. The van der Waals surface area contributed by atoms with Crippen molar-refractivity contribution in [3.63, 3.8) is 0 Å². The van der Waals surface area contributed by atoms with E-state index in [0.717, 1.165) is 22.1 Å². The molecule has 2 bridgehead atoms. The Morgan fingerprint density at radius 2 is 1.62 bits per heavy atom. The largest absolute Gasteiger partial charge is 0.348 e. The predicted molar refractivity (Wildman–Crippen MR) is 109 cm³/mol. The van der Waals surface area contributed by atoms with E-state index in [2.05, 4.69) is 4.98 Å². The quantitative estimate of drug-likeness (QED) is 0.506. The van der Waals surface area contributed by atoms with Gasteiger partial charge in [-0.2, -0.15) is 0 Å². The molecule has 2 atom stereocenters. The summed E-state index contributed by atoms with van der Waals surface area (Å²) in [5.74, 6) is 0. The first kappa shape index (κ1) is 16.9. The van der Waals surface area contributed by atoms with Crippen LogP contribution in [0.1, 0.15) is 36.2 Å². The van der Waals surface area contributed by atoms with E-state index in [9.17, 15) is 8.42 Å². The fourth-order valence-electron chi connectivity index (χ4n) is 5.14. The molecule has 2 aromatic carbocycles. The fraction of sp³-hybridized carbons (Fsp3) is 0.174. The van der Waals surface area contributed by atoms with E-state index in [4.69, 9.17) is 4.74 Å². The average molecular weight is 402 g/mol. The van der Waals surface area contributed by atoms with Gasteiger partial charge in [-0.15, -0.1) is 0 Å². The molecule has 2 aliphatic rings. The van der Waals surface area contributed by atoms with Gasteiger partial charge in [0.1, 0.15) is 11.2 Å². The summed E-state index contributed by atoms with van der Waals surface area (Å²) in [5.41, 5.74) is 2.61. The van der Waals surface area contributed by atoms with Crippen LogP contribution in [-0.2, 0) is 26.0 Å². The molecule has 6 rings (SSSR count). The number of nitrogens with zero attached hydrogens (tertiary/aromatic N) is 2. The van der Waals surface area contributed by atoms with Crippen LogP contribution >= 0.6 is 0 Å². The second-order valence-electron chi connectivity index (χ2n) is 7.91. The van der Waals surface area contributed by atoms with Crippen LogP contribution in [0.3, 0.4) is 0 Å². The van der Waals surface area contributed by atoms with Crippen LogP contribution in [-0.4, -0.2) is 17.4 Å². The number of aromatic nitrogens is 2. The normalized spacial score (nSPS) is 24.6. The number of fused-ring (bicyclic) bond motifs is 10. The van der Waals surface area contributed by atoms with E-state index in [1.54, 1.807) is 36.7 Å². The van der Waals surface area contributed by atoms with Crippen molar-refractivity contribution in [2.75, 3.05) is 0 Å². The molecule has 0 N–H and O–H groups in total. The van der Waals surface area contributed by atoms with Gasteiger partial charge in [-0.05, 0) is 43.7 Å². The molecule has 0 aliphatic carbocycles. The molecule has 2 aliphatic heterocycles. The number of hydrogen-bond acceptors (Lipinski definition) is 4. The van der Waals surface area contributed by atoms with Crippen molar-refractivity contribution in [3.05, 3.63) is 95.4 Å². The summed E-state index contributed by atoms with van der Waals surface area (Å²) in [6.07, 6.45) is 3.55. The third kappa shape index (κ3) is 1.84. The summed E-state index contributed by atoms with van der Waals surface area (Å²) in [6, 6.07) is 18.2. The van der Waals surface area contributed by atoms with Gasteiger partial charge in [0.2, 0.25) is 0 Å². The standard InChI is InChI=1S/C23H18N2O3S/c1-22-17-12-13-24-14-18(17)23(2,28-22)21-20(22)16-10-6-7-11-19(16)25(21)29(26,27)15-8-4-3-5-9-15/h3-14H,1-2H3. The molecule has 0 saturated heterocycles. The Hall–Kier alpha value is -2.96. The minimum Gasteiger partial charge on any atom is -0.348 e. The van der Waals surface area contributed by atoms with E-state index >= 15 is 0 Å². The summed E-state index contributed by atoms with van der Waals surface area (Å²) in [5, 5.41) is 0.899. The second-order valence-corrected chi connectivity index (χ2v) is 9.70. The molecule has 0 radical (unpaired) electrons. The number of rotatable bonds is 2. The van der Waals surface area contributed by atoms with Gasteiger partial charge >= 0.3 is 0 Å². The molecule has 0 spiro atoms. The van der Waals surface area contributed by atoms with Gasteiger partial charge in [-0.3, -0.25) is 4.98 Å². The summed E-state index contributed by atoms with van der Waals surface area (Å²) >= 11 is 0. The summed E-state index contributed by atoms with van der Waals surface area (Å²) in [7, 11) is -3.82. The monoisotopic (exact) mass is 402 g/mol. The molecule has 0 amide bonds. The van der Waals surface area contributed by atoms with Crippen LogP contribution in [0, 0.1) is 0 Å². The first-order chi connectivity index (χ1) is 13.9. The highest BCUT2D eigenvalue weighted by atomic mass is 32.2. The van der Waals surface area contributed by atoms with E-state index in [-0.39, 0.29) is 4.90 Å². The van der Waals surface area contributed by atoms with Gasteiger partial charge in [-0.1, -0.05) is 36.4 Å². The SMILES string of the molecule is CC12OC(C)(c3cnccc31)c1c2c2ccccc2n1S(=O)(=O)c1ccccc1. The molecule has 2 unspecified atom stereocenters. The van der Waals surface area contributed by atoms with E-state index in [0.29, 0.717) is 11.2 Å². The van der Waals surface area contributed by atoms with Gasteiger partial charge in [0.25, 0.3) is 10.0 Å². The zero-order chi connectivity index (χ0) is 20.0. The zero-order valence-electron chi connectivity index (χ0n) is 16.0. The number of para-hydroxylation sites is 1. The molecule has 29 heavy (non-hydrogen) atoms.